The number of carbonyl (C=O) groups is 3. The molecule has 0 radical (unpaired) electrons. The summed E-state index contributed by atoms with van der Waals surface area (Å²) >= 11 is 0. The molecule has 1 saturated carbocycles. The molecule has 4 amide bonds. The maximum absolute atomic E-state index is 14.5. The van der Waals surface area contributed by atoms with Crippen molar-refractivity contribution in [1.82, 2.24) is 34.9 Å². The van der Waals surface area contributed by atoms with Gasteiger partial charge in [0.05, 0.1) is 18.6 Å². The Hall–Kier alpha value is -4.90. The Balaban J connectivity index is 1.23. The van der Waals surface area contributed by atoms with Crippen LogP contribution in [0, 0.1) is 5.92 Å². The topological polar surface area (TPSA) is 114 Å². The number of aromatic hydroxyl groups is 1. The van der Waals surface area contributed by atoms with Gasteiger partial charge in [-0.2, -0.15) is 5.10 Å². The van der Waals surface area contributed by atoms with Gasteiger partial charge in [0.25, 0.3) is 0 Å². The van der Waals surface area contributed by atoms with E-state index in [0.29, 0.717) is 25.6 Å². The molecule has 49 heavy (non-hydrogen) atoms. The summed E-state index contributed by atoms with van der Waals surface area (Å²) in [6.45, 7) is 4.39. The number of benzene rings is 3. The van der Waals surface area contributed by atoms with Crippen molar-refractivity contribution in [2.75, 3.05) is 19.6 Å². The van der Waals surface area contributed by atoms with E-state index in [2.05, 4.69) is 24.5 Å². The van der Waals surface area contributed by atoms with Gasteiger partial charge in [0.1, 0.15) is 18.0 Å². The molecule has 3 fully saturated rings. The van der Waals surface area contributed by atoms with E-state index in [-0.39, 0.29) is 43.1 Å². The van der Waals surface area contributed by atoms with E-state index in [9.17, 15) is 19.5 Å². The zero-order valence-corrected chi connectivity index (χ0v) is 28.1. The molecule has 3 aromatic carbocycles. The number of nitrogens with one attached hydrogen (secondary N) is 1. The van der Waals surface area contributed by atoms with Crippen LogP contribution in [0.3, 0.4) is 0 Å². The number of piperazine rings is 1. The van der Waals surface area contributed by atoms with E-state index in [4.69, 9.17) is 5.10 Å². The fourth-order valence-electron chi connectivity index (χ4n) is 7.13. The fraction of sp³-hybridized carbons (Fsp3) is 0.421. The molecule has 11 heteroatoms. The number of urea groups is 1. The molecule has 2 saturated heterocycles. The number of fused-ring (bicyclic) bond motifs is 2. The first kappa shape index (κ1) is 32.6. The lowest BCUT2D eigenvalue weighted by Gasteiger charge is -2.55. The number of nitrogens with zero attached hydrogens (tertiary/aromatic N) is 6. The van der Waals surface area contributed by atoms with Crippen LogP contribution in [0.1, 0.15) is 55.7 Å². The highest BCUT2D eigenvalue weighted by Gasteiger charge is 2.51. The molecule has 3 aliphatic rings. The highest BCUT2D eigenvalue weighted by molar-refractivity contribution is 5.92. The summed E-state index contributed by atoms with van der Waals surface area (Å²) in [6.07, 6.45) is 6.92. The number of unbranched alkanes of at least 4 members (excludes halogenated alkanes) is 2. The summed E-state index contributed by atoms with van der Waals surface area (Å²) in [4.78, 5) is 46.2. The summed E-state index contributed by atoms with van der Waals surface area (Å²) in [6, 6.07) is 21.4. The number of rotatable bonds is 12. The Kier molecular flexibility index (Phi) is 9.52. The maximum Gasteiger partial charge on any atom is 0.334 e. The molecule has 7 rings (SSSR count). The van der Waals surface area contributed by atoms with Crippen molar-refractivity contribution >= 4 is 28.7 Å². The number of hydrogen-bond donors (Lipinski definition) is 2. The van der Waals surface area contributed by atoms with Gasteiger partial charge in [-0.3, -0.25) is 14.3 Å². The monoisotopic (exact) mass is 663 g/mol. The lowest BCUT2D eigenvalue weighted by atomic mass is 9.98. The molecule has 1 aromatic heterocycles. The molecule has 4 aromatic rings. The maximum atomic E-state index is 14.5. The van der Waals surface area contributed by atoms with E-state index in [1.807, 2.05) is 52.2 Å². The predicted molar refractivity (Wildman–Crippen MR) is 186 cm³/mol. The molecule has 2 N–H and O–H groups in total. The average molecular weight is 664 g/mol. The van der Waals surface area contributed by atoms with E-state index in [1.165, 1.54) is 12.8 Å². The van der Waals surface area contributed by atoms with E-state index >= 15 is 0 Å². The summed E-state index contributed by atoms with van der Waals surface area (Å²) in [7, 11) is 0. The smallest absolute Gasteiger partial charge is 0.334 e. The quantitative estimate of drug-likeness (QED) is 0.209. The fourth-order valence-corrected chi connectivity index (χ4v) is 7.13. The van der Waals surface area contributed by atoms with Crippen LogP contribution < -0.4 is 5.32 Å². The summed E-state index contributed by atoms with van der Waals surface area (Å²) < 4.78 is 2.02. The van der Waals surface area contributed by atoms with Gasteiger partial charge >= 0.3 is 6.03 Å². The van der Waals surface area contributed by atoms with E-state index < -0.39 is 12.2 Å². The highest BCUT2D eigenvalue weighted by Crippen LogP contribution is 2.33. The van der Waals surface area contributed by atoms with Crippen molar-refractivity contribution in [1.29, 1.82) is 0 Å². The number of carbonyl (C=O) groups excluding carboxylic acids is 3. The van der Waals surface area contributed by atoms with Gasteiger partial charge in [0.2, 0.25) is 11.8 Å². The molecule has 2 unspecified atom stereocenters. The molecular formula is C38H45N7O4. The van der Waals surface area contributed by atoms with E-state index in [1.54, 1.807) is 39.1 Å². The zero-order valence-electron chi connectivity index (χ0n) is 28.1. The number of hydrazine groups is 1. The van der Waals surface area contributed by atoms with Crippen LogP contribution in [0.5, 0.6) is 5.75 Å². The first-order chi connectivity index (χ1) is 23.9. The minimum Gasteiger partial charge on any atom is -0.508 e. The van der Waals surface area contributed by atoms with Gasteiger partial charge in [-0.25, -0.2) is 14.8 Å². The molecular weight excluding hydrogens is 618 g/mol. The third-order valence-corrected chi connectivity index (χ3v) is 9.88. The van der Waals surface area contributed by atoms with Crippen LogP contribution in [0.2, 0.25) is 0 Å². The standard InChI is InChI=1S/C38H45N7O4/c1-2-3-7-19-43-26-35(47)44-33(20-27-15-17-32(46)18-16-27)37(48)41(25-34(44)45(43)38(49)39-21-28-9-5-4-6-10-28)23-30-11-8-12-31-24-42(40-36(30)31)22-29-13-14-29/h4-6,8-12,15-18,24,29,33-34,46H,2-3,7,13-14,19-23,25-26H2,1H3,(H,39,49). The molecule has 0 bridgehead atoms. The Bertz CT molecular complexity index is 1790. The van der Waals surface area contributed by atoms with Crippen LogP contribution in [0.4, 0.5) is 4.79 Å². The third kappa shape index (κ3) is 7.27. The first-order valence-corrected chi connectivity index (χ1v) is 17.6. The normalized spacial score (nSPS) is 19.8. The lowest BCUT2D eigenvalue weighted by molar-refractivity contribution is -0.191. The molecule has 2 atom stereocenters. The van der Waals surface area contributed by atoms with Gasteiger partial charge in [0, 0.05) is 44.2 Å². The Morgan fingerprint density at radius 3 is 2.51 bits per heavy atom. The van der Waals surface area contributed by atoms with Crippen LogP contribution >= 0.6 is 0 Å². The minimum atomic E-state index is -0.829. The lowest BCUT2D eigenvalue weighted by Crippen LogP contribution is -2.76. The highest BCUT2D eigenvalue weighted by atomic mass is 16.3. The first-order valence-electron chi connectivity index (χ1n) is 17.6. The molecule has 256 valence electrons. The average Bonchev–Trinajstić information content (AvgIpc) is 3.82. The third-order valence-electron chi connectivity index (χ3n) is 9.88. The van der Waals surface area contributed by atoms with Gasteiger partial charge in [-0.15, -0.1) is 0 Å². The van der Waals surface area contributed by atoms with Crippen LogP contribution in [-0.2, 0) is 35.6 Å². The van der Waals surface area contributed by atoms with Crippen molar-refractivity contribution in [2.45, 2.75) is 77.3 Å². The molecule has 0 spiro atoms. The second kappa shape index (κ2) is 14.3. The van der Waals surface area contributed by atoms with Crippen molar-refractivity contribution < 1.29 is 19.5 Å². The van der Waals surface area contributed by atoms with Crippen molar-refractivity contribution in [3.8, 4) is 5.75 Å². The number of phenols is 1. The summed E-state index contributed by atoms with van der Waals surface area (Å²) in [5, 5.41) is 22.5. The second-order valence-corrected chi connectivity index (χ2v) is 13.6. The van der Waals surface area contributed by atoms with E-state index in [0.717, 1.165) is 53.4 Å². The molecule has 2 aliphatic heterocycles. The molecule has 3 heterocycles. The van der Waals surface area contributed by atoms with Gasteiger partial charge in [0.15, 0.2) is 0 Å². The van der Waals surface area contributed by atoms with Crippen LogP contribution in [0.15, 0.2) is 79.0 Å². The SMILES string of the molecule is CCCCCN1CC(=O)N2C(Cc3ccc(O)cc3)C(=O)N(Cc3cccc4cn(CC5CC5)nc34)CC2N1C(=O)NCc1ccccc1. The van der Waals surface area contributed by atoms with Crippen molar-refractivity contribution in [2.24, 2.45) is 5.92 Å². The minimum absolute atomic E-state index is 0.00999. The van der Waals surface area contributed by atoms with Gasteiger partial charge in [-0.05, 0) is 54.0 Å². The Labute approximate surface area is 287 Å². The van der Waals surface area contributed by atoms with Crippen LogP contribution in [-0.4, -0.2) is 84.4 Å². The number of hydrogen-bond acceptors (Lipinski definition) is 6. The number of amides is 4. The summed E-state index contributed by atoms with van der Waals surface area (Å²) in [5.41, 5.74) is 3.58. The predicted octanol–water partition coefficient (Wildman–Crippen LogP) is 4.89. The molecule has 11 nitrogen and oxygen atoms in total. The van der Waals surface area contributed by atoms with Crippen molar-refractivity contribution in [3.05, 3.63) is 95.7 Å². The molecule has 1 aliphatic carbocycles. The summed E-state index contributed by atoms with van der Waals surface area (Å²) in [5.74, 6) is 0.462. The number of aromatic nitrogens is 2. The van der Waals surface area contributed by atoms with Crippen LogP contribution in [0.25, 0.3) is 10.9 Å². The number of phenolic OH excluding ortho intramolecular Hbond substituents is 1. The van der Waals surface area contributed by atoms with Gasteiger partial charge < -0.3 is 20.2 Å². The van der Waals surface area contributed by atoms with Crippen molar-refractivity contribution in [3.63, 3.8) is 0 Å². The Morgan fingerprint density at radius 1 is 0.959 bits per heavy atom. The zero-order chi connectivity index (χ0) is 33.9. The Morgan fingerprint density at radius 2 is 1.76 bits per heavy atom. The second-order valence-electron chi connectivity index (χ2n) is 13.6. The largest absolute Gasteiger partial charge is 0.508 e. The van der Waals surface area contributed by atoms with Gasteiger partial charge in [-0.1, -0.05) is 80.4 Å².